The molecule has 1 aromatic rings. The van der Waals surface area contributed by atoms with Gasteiger partial charge in [0.05, 0.1) is 10.7 Å². The van der Waals surface area contributed by atoms with Gasteiger partial charge in [-0.25, -0.2) is 4.79 Å². The second-order valence-corrected chi connectivity index (χ2v) is 3.68. The number of nitrogen functional groups attached to an aromatic ring is 1. The van der Waals surface area contributed by atoms with Crippen LogP contribution in [0.5, 0.6) is 5.75 Å². The van der Waals surface area contributed by atoms with Gasteiger partial charge >= 0.3 is 6.03 Å². The van der Waals surface area contributed by atoms with Crippen molar-refractivity contribution in [3.8, 4) is 5.75 Å². The van der Waals surface area contributed by atoms with Crippen molar-refractivity contribution in [1.82, 2.24) is 5.32 Å². The minimum atomic E-state index is -0.947. The highest BCUT2D eigenvalue weighted by Crippen LogP contribution is 2.31. The minimum absolute atomic E-state index is 0.196. The molecule has 0 bridgehead atoms. The number of amides is 3. The smallest absolute Gasteiger partial charge is 0.318 e. The van der Waals surface area contributed by atoms with Crippen LogP contribution in [0.2, 0.25) is 5.02 Å². The average molecular weight is 258 g/mol. The largest absolute Gasteiger partial charge is 0.477 e. The Balaban J connectivity index is 2.77. The van der Waals surface area contributed by atoms with E-state index in [4.69, 9.17) is 27.8 Å². The van der Waals surface area contributed by atoms with Crippen LogP contribution < -0.4 is 21.5 Å². The number of urea groups is 1. The summed E-state index contributed by atoms with van der Waals surface area (Å²) in [5.41, 5.74) is 10.7. The van der Waals surface area contributed by atoms with Gasteiger partial charge in [-0.05, 0) is 19.1 Å². The van der Waals surface area contributed by atoms with Crippen molar-refractivity contribution in [2.45, 2.75) is 13.0 Å². The van der Waals surface area contributed by atoms with Crippen molar-refractivity contribution < 1.29 is 14.3 Å². The summed E-state index contributed by atoms with van der Waals surface area (Å²) in [5, 5.41) is 2.17. The van der Waals surface area contributed by atoms with Crippen LogP contribution in [0.4, 0.5) is 10.5 Å². The van der Waals surface area contributed by atoms with Crippen molar-refractivity contribution in [3.63, 3.8) is 0 Å². The first-order valence-electron chi connectivity index (χ1n) is 4.72. The zero-order chi connectivity index (χ0) is 13.0. The SMILES string of the molecule is CC(Oc1c(N)cccc1Cl)C(=O)NC(N)=O. The van der Waals surface area contributed by atoms with Gasteiger partial charge in [-0.2, -0.15) is 0 Å². The van der Waals surface area contributed by atoms with Crippen LogP contribution in [0.25, 0.3) is 0 Å². The van der Waals surface area contributed by atoms with Crippen LogP contribution >= 0.6 is 11.6 Å². The van der Waals surface area contributed by atoms with E-state index in [1.807, 2.05) is 5.32 Å². The van der Waals surface area contributed by atoms with Crippen molar-refractivity contribution in [3.05, 3.63) is 23.2 Å². The number of hydrogen-bond donors (Lipinski definition) is 3. The molecular weight excluding hydrogens is 246 g/mol. The second kappa shape index (κ2) is 5.40. The molecule has 0 saturated heterocycles. The maximum atomic E-state index is 11.4. The van der Waals surface area contributed by atoms with Crippen LogP contribution in [0, 0.1) is 0 Å². The van der Waals surface area contributed by atoms with Crippen molar-refractivity contribution in [1.29, 1.82) is 0 Å². The van der Waals surface area contributed by atoms with E-state index in [-0.39, 0.29) is 10.8 Å². The molecule has 6 nitrogen and oxygen atoms in total. The lowest BCUT2D eigenvalue weighted by atomic mass is 10.3. The molecule has 7 heteroatoms. The minimum Gasteiger partial charge on any atom is -0.477 e. The molecule has 0 aromatic heterocycles. The van der Waals surface area contributed by atoms with E-state index in [0.717, 1.165) is 0 Å². The number of carbonyl (C=O) groups excluding carboxylic acids is 2. The number of rotatable bonds is 3. The van der Waals surface area contributed by atoms with Crippen LogP contribution in [-0.2, 0) is 4.79 Å². The van der Waals surface area contributed by atoms with Gasteiger partial charge in [0.25, 0.3) is 5.91 Å². The molecule has 5 N–H and O–H groups in total. The summed E-state index contributed by atoms with van der Waals surface area (Å²) in [6.45, 7) is 1.45. The van der Waals surface area contributed by atoms with Crippen molar-refractivity contribution >= 4 is 29.2 Å². The van der Waals surface area contributed by atoms with Crippen LogP contribution in [-0.4, -0.2) is 18.0 Å². The highest BCUT2D eigenvalue weighted by atomic mass is 35.5. The average Bonchev–Trinajstić information content (AvgIpc) is 2.22. The Kier molecular flexibility index (Phi) is 4.17. The fourth-order valence-electron chi connectivity index (χ4n) is 1.10. The first kappa shape index (κ1) is 13.1. The van der Waals surface area contributed by atoms with E-state index in [2.05, 4.69) is 0 Å². The number of halogens is 1. The summed E-state index contributed by atoms with van der Waals surface area (Å²) >= 11 is 5.86. The van der Waals surface area contributed by atoms with Crippen LogP contribution in [0.3, 0.4) is 0 Å². The predicted octanol–water partition coefficient (Wildman–Crippen LogP) is 0.884. The number of anilines is 1. The molecule has 0 saturated carbocycles. The predicted molar refractivity (Wildman–Crippen MR) is 63.7 cm³/mol. The van der Waals surface area contributed by atoms with E-state index in [1.165, 1.54) is 6.92 Å². The lowest BCUT2D eigenvalue weighted by Crippen LogP contribution is -2.42. The molecule has 17 heavy (non-hydrogen) atoms. The van der Waals surface area contributed by atoms with E-state index in [0.29, 0.717) is 5.69 Å². The normalized spacial score (nSPS) is 11.6. The molecule has 0 radical (unpaired) electrons. The Labute approximate surface area is 103 Å². The number of para-hydroxylation sites is 1. The molecule has 0 spiro atoms. The van der Waals surface area contributed by atoms with E-state index in [1.54, 1.807) is 18.2 Å². The summed E-state index contributed by atoms with van der Waals surface area (Å²) in [6, 6.07) is 3.86. The third kappa shape index (κ3) is 3.53. The lowest BCUT2D eigenvalue weighted by Gasteiger charge is -2.15. The number of primary amides is 1. The first-order valence-corrected chi connectivity index (χ1v) is 5.10. The van der Waals surface area contributed by atoms with Crippen LogP contribution in [0.15, 0.2) is 18.2 Å². The topological polar surface area (TPSA) is 107 Å². The number of ether oxygens (including phenoxy) is 1. The molecule has 1 unspecified atom stereocenters. The zero-order valence-electron chi connectivity index (χ0n) is 9.07. The van der Waals surface area contributed by atoms with Gasteiger partial charge in [-0.15, -0.1) is 0 Å². The number of imide groups is 1. The van der Waals surface area contributed by atoms with Gasteiger partial charge in [0.15, 0.2) is 11.9 Å². The maximum absolute atomic E-state index is 11.4. The Morgan fingerprint density at radius 1 is 1.47 bits per heavy atom. The molecular formula is C10H12ClN3O3. The highest BCUT2D eigenvalue weighted by molar-refractivity contribution is 6.32. The zero-order valence-corrected chi connectivity index (χ0v) is 9.82. The Bertz CT molecular complexity index is 430. The number of nitrogens with one attached hydrogen (secondary N) is 1. The lowest BCUT2D eigenvalue weighted by molar-refractivity contribution is -0.126. The second-order valence-electron chi connectivity index (χ2n) is 3.27. The molecule has 1 atom stereocenters. The van der Waals surface area contributed by atoms with Gasteiger partial charge in [0, 0.05) is 0 Å². The molecule has 1 aromatic carbocycles. The van der Waals surface area contributed by atoms with E-state index in [9.17, 15) is 9.59 Å². The monoisotopic (exact) mass is 257 g/mol. The summed E-state index contributed by atoms with van der Waals surface area (Å²) in [6.07, 6.45) is -0.940. The molecule has 0 heterocycles. The van der Waals surface area contributed by atoms with Crippen molar-refractivity contribution in [2.24, 2.45) is 5.73 Å². The van der Waals surface area contributed by atoms with Gasteiger partial charge < -0.3 is 16.2 Å². The standard InChI is InChI=1S/C10H12ClN3O3/c1-5(9(15)14-10(13)16)17-8-6(11)3-2-4-7(8)12/h2-5H,12H2,1H3,(H3,13,14,15,16). The summed E-state index contributed by atoms with van der Waals surface area (Å²) in [7, 11) is 0. The van der Waals surface area contributed by atoms with Gasteiger partial charge in [-0.1, -0.05) is 17.7 Å². The van der Waals surface area contributed by atoms with E-state index < -0.39 is 18.0 Å². The van der Waals surface area contributed by atoms with Gasteiger partial charge in [0.2, 0.25) is 0 Å². The van der Waals surface area contributed by atoms with Gasteiger partial charge in [0.1, 0.15) is 0 Å². The third-order valence-corrected chi connectivity index (χ3v) is 2.21. The quantitative estimate of drug-likeness (QED) is 0.699. The molecule has 3 amide bonds. The van der Waals surface area contributed by atoms with Crippen molar-refractivity contribution in [2.75, 3.05) is 5.73 Å². The summed E-state index contributed by atoms with van der Waals surface area (Å²) < 4.78 is 5.26. The number of benzene rings is 1. The Hall–Kier alpha value is -1.95. The molecule has 0 aliphatic rings. The molecule has 92 valence electrons. The number of nitrogens with two attached hydrogens (primary N) is 2. The fraction of sp³-hybridized carbons (Fsp3) is 0.200. The Morgan fingerprint density at radius 3 is 2.65 bits per heavy atom. The summed E-state index contributed by atoms with van der Waals surface area (Å²) in [4.78, 5) is 21.8. The van der Waals surface area contributed by atoms with Crippen LogP contribution in [0.1, 0.15) is 6.92 Å². The summed E-state index contributed by atoms with van der Waals surface area (Å²) in [5.74, 6) is -0.474. The Morgan fingerprint density at radius 2 is 2.12 bits per heavy atom. The fourth-order valence-corrected chi connectivity index (χ4v) is 1.33. The molecule has 0 fully saturated rings. The van der Waals surface area contributed by atoms with Gasteiger partial charge in [-0.3, -0.25) is 10.1 Å². The maximum Gasteiger partial charge on any atom is 0.318 e. The molecule has 0 aliphatic heterocycles. The molecule has 0 aliphatic carbocycles. The first-order chi connectivity index (χ1) is 7.91. The third-order valence-electron chi connectivity index (χ3n) is 1.91. The number of carbonyl (C=O) groups is 2. The van der Waals surface area contributed by atoms with E-state index >= 15 is 0 Å². The number of hydrogen-bond acceptors (Lipinski definition) is 4. The highest BCUT2D eigenvalue weighted by Gasteiger charge is 2.18. The molecule has 1 rings (SSSR count).